The van der Waals surface area contributed by atoms with E-state index in [0.717, 1.165) is 11.3 Å². The van der Waals surface area contributed by atoms with E-state index in [4.69, 9.17) is 0 Å². The van der Waals surface area contributed by atoms with Crippen molar-refractivity contribution in [2.45, 2.75) is 11.4 Å². The van der Waals surface area contributed by atoms with E-state index in [1.807, 2.05) is 24.3 Å². The van der Waals surface area contributed by atoms with Crippen LogP contribution < -0.4 is 15.8 Å². The molecule has 2 aromatic carbocycles. The molecule has 0 unspecified atom stereocenters. The molecule has 0 spiro atoms. The van der Waals surface area contributed by atoms with Crippen LogP contribution in [0.4, 0.5) is 0 Å². The second-order valence-electron chi connectivity index (χ2n) is 6.04. The zero-order valence-corrected chi connectivity index (χ0v) is 15.2. The van der Waals surface area contributed by atoms with Gasteiger partial charge in [-0.15, -0.1) is 0 Å². The van der Waals surface area contributed by atoms with Crippen LogP contribution in [0.5, 0.6) is 0 Å². The molecule has 0 aliphatic carbocycles. The number of benzene rings is 2. The van der Waals surface area contributed by atoms with Crippen molar-refractivity contribution in [3.63, 3.8) is 0 Å². The van der Waals surface area contributed by atoms with Gasteiger partial charge in [0.05, 0.1) is 27.9 Å². The number of rotatable bonds is 5. The van der Waals surface area contributed by atoms with Crippen LogP contribution in [-0.4, -0.2) is 27.9 Å². The van der Waals surface area contributed by atoms with E-state index in [9.17, 15) is 18.0 Å². The van der Waals surface area contributed by atoms with Gasteiger partial charge in [-0.2, -0.15) is 0 Å². The van der Waals surface area contributed by atoms with Gasteiger partial charge in [-0.3, -0.25) is 9.59 Å². The van der Waals surface area contributed by atoms with E-state index >= 15 is 0 Å². The van der Waals surface area contributed by atoms with E-state index in [0.29, 0.717) is 5.52 Å². The molecule has 0 aliphatic rings. The Hall–Kier alpha value is -3.50. The summed E-state index contributed by atoms with van der Waals surface area (Å²) in [5, 5.41) is 0. The van der Waals surface area contributed by atoms with E-state index in [1.165, 1.54) is 18.2 Å². The minimum Gasteiger partial charge on any atom is -0.316 e. The largest absolute Gasteiger partial charge is 0.316 e. The van der Waals surface area contributed by atoms with E-state index in [1.54, 1.807) is 23.3 Å². The first-order valence-electron chi connectivity index (χ1n) is 8.26. The molecule has 142 valence electrons. The summed E-state index contributed by atoms with van der Waals surface area (Å²) in [4.78, 5) is 31.6. The van der Waals surface area contributed by atoms with Gasteiger partial charge in [-0.25, -0.2) is 18.1 Å². The van der Waals surface area contributed by atoms with Gasteiger partial charge in [-0.1, -0.05) is 18.2 Å². The maximum Gasteiger partial charge on any atom is 0.314 e. The number of hydrogen-bond donors (Lipinski definition) is 3. The average molecular weight is 397 g/mol. The first kappa shape index (κ1) is 17.9. The summed E-state index contributed by atoms with van der Waals surface area (Å²) in [6.07, 6.45) is 5.04. The van der Waals surface area contributed by atoms with Crippen LogP contribution in [-0.2, 0) is 16.6 Å². The highest BCUT2D eigenvalue weighted by molar-refractivity contribution is 7.89. The van der Waals surface area contributed by atoms with Crippen molar-refractivity contribution >= 4 is 21.1 Å². The molecule has 0 atom stereocenters. The molecule has 0 radical (unpaired) electrons. The monoisotopic (exact) mass is 397 g/mol. The van der Waals surface area contributed by atoms with Crippen LogP contribution in [0.25, 0.3) is 16.7 Å². The number of aromatic amines is 2. The maximum atomic E-state index is 12.7. The van der Waals surface area contributed by atoms with Gasteiger partial charge in [-0.05, 0) is 29.8 Å². The third-order valence-corrected chi connectivity index (χ3v) is 5.63. The van der Waals surface area contributed by atoms with Gasteiger partial charge in [0.1, 0.15) is 0 Å². The molecule has 28 heavy (non-hydrogen) atoms. The van der Waals surface area contributed by atoms with Gasteiger partial charge in [0, 0.05) is 18.9 Å². The molecule has 4 aromatic rings. The number of nitrogens with zero attached hydrogens (tertiary/aromatic N) is 2. The molecule has 0 bridgehead atoms. The molecule has 10 heteroatoms. The molecule has 3 N–H and O–H groups in total. The summed E-state index contributed by atoms with van der Waals surface area (Å²) in [6, 6.07) is 11.5. The summed E-state index contributed by atoms with van der Waals surface area (Å²) >= 11 is 0. The van der Waals surface area contributed by atoms with Crippen molar-refractivity contribution in [1.82, 2.24) is 24.2 Å². The lowest BCUT2D eigenvalue weighted by Crippen LogP contribution is -2.29. The molecule has 9 nitrogen and oxygen atoms in total. The lowest BCUT2D eigenvalue weighted by atomic mass is 10.2. The molecule has 0 fully saturated rings. The predicted octanol–water partition coefficient (Wildman–Crippen LogP) is 0.881. The zero-order valence-electron chi connectivity index (χ0n) is 14.4. The van der Waals surface area contributed by atoms with Crippen molar-refractivity contribution < 1.29 is 8.42 Å². The summed E-state index contributed by atoms with van der Waals surface area (Å²) < 4.78 is 29.8. The third kappa shape index (κ3) is 3.38. The van der Waals surface area contributed by atoms with Crippen LogP contribution in [0.2, 0.25) is 0 Å². The van der Waals surface area contributed by atoms with Gasteiger partial charge in [0.15, 0.2) is 0 Å². The van der Waals surface area contributed by atoms with Crippen LogP contribution in [0, 0.1) is 0 Å². The van der Waals surface area contributed by atoms with E-state index < -0.39 is 21.1 Å². The average Bonchev–Trinajstić information content (AvgIpc) is 3.22. The highest BCUT2D eigenvalue weighted by atomic mass is 32.2. The molecule has 4 rings (SSSR count). The van der Waals surface area contributed by atoms with Crippen molar-refractivity contribution in [3.05, 3.63) is 87.5 Å². The van der Waals surface area contributed by atoms with Gasteiger partial charge >= 0.3 is 11.1 Å². The number of nitrogens with one attached hydrogen (secondary N) is 3. The second kappa shape index (κ2) is 6.91. The normalized spacial score (nSPS) is 11.7. The Kier molecular flexibility index (Phi) is 4.41. The molecular weight excluding hydrogens is 382 g/mol. The lowest BCUT2D eigenvalue weighted by molar-refractivity contribution is 0.581. The Morgan fingerprint density at radius 1 is 1.00 bits per heavy atom. The predicted molar refractivity (Wildman–Crippen MR) is 103 cm³/mol. The van der Waals surface area contributed by atoms with Gasteiger partial charge in [0.2, 0.25) is 10.0 Å². The van der Waals surface area contributed by atoms with Crippen LogP contribution >= 0.6 is 0 Å². The number of sulfonamides is 1. The number of imidazole rings is 1. The van der Waals surface area contributed by atoms with Gasteiger partial charge in [0.25, 0.3) is 0 Å². The van der Waals surface area contributed by atoms with Crippen molar-refractivity contribution in [3.8, 4) is 5.69 Å². The summed E-state index contributed by atoms with van der Waals surface area (Å²) in [5.74, 6) is 0. The zero-order chi connectivity index (χ0) is 19.7. The van der Waals surface area contributed by atoms with Crippen molar-refractivity contribution in [1.29, 1.82) is 0 Å². The minimum atomic E-state index is -3.85. The standard InChI is InChI=1S/C18H15N5O4S/c24-17-18(25)22-15-9-13(5-6-14(15)21-17)28(26,27)20-10-12-3-1-2-4-16(12)23-8-7-19-11-23/h1-9,11,20H,10H2,(H,21,24)(H,22,25). The minimum absolute atomic E-state index is 0.0252. The Morgan fingerprint density at radius 2 is 1.75 bits per heavy atom. The summed E-state index contributed by atoms with van der Waals surface area (Å²) in [7, 11) is -3.85. The topological polar surface area (TPSA) is 130 Å². The maximum absolute atomic E-state index is 12.7. The highest BCUT2D eigenvalue weighted by Gasteiger charge is 2.16. The summed E-state index contributed by atoms with van der Waals surface area (Å²) in [6.45, 7) is 0.0663. The fourth-order valence-electron chi connectivity index (χ4n) is 2.83. The summed E-state index contributed by atoms with van der Waals surface area (Å²) in [5.41, 5.74) is 0.507. The number of para-hydroxylation sites is 1. The Labute approximate surface area is 158 Å². The third-order valence-electron chi connectivity index (χ3n) is 4.23. The van der Waals surface area contributed by atoms with Crippen molar-refractivity contribution in [2.75, 3.05) is 0 Å². The van der Waals surface area contributed by atoms with Crippen LogP contribution in [0.3, 0.4) is 0 Å². The number of H-pyrrole nitrogens is 2. The fourth-order valence-corrected chi connectivity index (χ4v) is 3.86. The SMILES string of the molecule is O=c1[nH]c2ccc(S(=O)(=O)NCc3ccccc3-n3ccnc3)cc2[nH]c1=O. The molecule has 0 saturated heterocycles. The second-order valence-corrected chi connectivity index (χ2v) is 7.81. The van der Waals surface area contributed by atoms with Gasteiger partial charge < -0.3 is 14.5 Å². The van der Waals surface area contributed by atoms with Crippen molar-refractivity contribution in [2.24, 2.45) is 0 Å². The first-order chi connectivity index (χ1) is 13.4. The molecule has 0 amide bonds. The smallest absolute Gasteiger partial charge is 0.314 e. The Morgan fingerprint density at radius 3 is 2.50 bits per heavy atom. The molecular formula is C18H15N5O4S. The number of hydrogen-bond acceptors (Lipinski definition) is 5. The van der Waals surface area contributed by atoms with Crippen LogP contribution in [0.15, 0.2) is 75.7 Å². The lowest BCUT2D eigenvalue weighted by Gasteiger charge is -2.12. The molecule has 0 aliphatic heterocycles. The van der Waals surface area contributed by atoms with E-state index in [-0.39, 0.29) is 17.0 Å². The van der Waals surface area contributed by atoms with Crippen LogP contribution in [0.1, 0.15) is 5.56 Å². The molecule has 2 heterocycles. The quantitative estimate of drug-likeness (QED) is 0.431. The Bertz CT molecular complexity index is 1370. The Balaban J connectivity index is 1.64. The van der Waals surface area contributed by atoms with E-state index in [2.05, 4.69) is 19.7 Å². The number of aromatic nitrogens is 4. The highest BCUT2D eigenvalue weighted by Crippen LogP contribution is 2.17. The molecule has 2 aromatic heterocycles. The molecule has 0 saturated carbocycles. The fraction of sp³-hybridized carbons (Fsp3) is 0.0556. The number of fused-ring (bicyclic) bond motifs is 1. The first-order valence-corrected chi connectivity index (χ1v) is 9.75.